The Balaban J connectivity index is 0.000000123. The van der Waals surface area contributed by atoms with Gasteiger partial charge in [-0.1, -0.05) is 98.6 Å². The maximum absolute atomic E-state index is 10.9. The molecule has 32 atom stereocenters. The first-order chi connectivity index (χ1) is 60.6. The minimum atomic E-state index is -0.464. The molecule has 0 aromatic heterocycles. The van der Waals surface area contributed by atoms with Crippen molar-refractivity contribution in [1.29, 1.82) is 0 Å². The first-order valence-electron chi connectivity index (χ1n) is 52.2. The molecule has 6 saturated heterocycles. The second-order valence-corrected chi connectivity index (χ2v) is 44.0. The molecule has 18 nitrogen and oxygen atoms in total. The quantitative estimate of drug-likeness (QED) is 0.0200. The summed E-state index contributed by atoms with van der Waals surface area (Å²) >= 11 is 0. The average Bonchev–Trinajstić information content (AvgIpc) is 1.55. The zero-order valence-corrected chi connectivity index (χ0v) is 92.4. The Morgan fingerprint density at radius 2 is 0.567 bits per heavy atom. The van der Waals surface area contributed by atoms with E-state index in [4.69, 9.17) is 56.8 Å². The zero-order valence-electron chi connectivity index (χ0n) is 78.2. The molecule has 16 fully saturated rings. The van der Waals surface area contributed by atoms with Crippen LogP contribution in [0.4, 0.5) is 0 Å². The third-order valence-corrected chi connectivity index (χ3v) is 35.8. The van der Waals surface area contributed by atoms with Crippen LogP contribution in [0.3, 0.4) is 0 Å². The first-order valence-corrected chi connectivity index (χ1v) is 52.2. The van der Waals surface area contributed by atoms with Crippen LogP contribution in [-0.2, 0) is 56.8 Å². The van der Waals surface area contributed by atoms with Crippen LogP contribution in [-0.4, -0.2) is 183 Å². The van der Waals surface area contributed by atoms with Crippen LogP contribution in [0.15, 0.2) is 72.9 Å². The first kappa shape index (κ1) is 105. The molecule has 10 saturated carbocycles. The topological polar surface area (TPSA) is 232 Å². The van der Waals surface area contributed by atoms with Crippen molar-refractivity contribution in [3.8, 4) is 0 Å². The van der Waals surface area contributed by atoms with Crippen molar-refractivity contribution in [2.24, 2.45) is 154 Å². The summed E-state index contributed by atoms with van der Waals surface area (Å²) in [7, 11) is 0. The van der Waals surface area contributed by atoms with Gasteiger partial charge in [-0.2, -0.15) is 0 Å². The van der Waals surface area contributed by atoms with Gasteiger partial charge >= 0.3 is 0 Å². The number of allylic oxidation sites excluding steroid dienone is 12. The van der Waals surface area contributed by atoms with Gasteiger partial charge in [0.25, 0.3) is 0 Å². The van der Waals surface area contributed by atoms with E-state index in [0.29, 0.717) is 35.5 Å². The fraction of sp³-hybridized carbons (Fsp3) is 0.887. The molecule has 6 aliphatic heterocycles. The van der Waals surface area contributed by atoms with Crippen LogP contribution in [0.1, 0.15) is 284 Å². The SMILES string of the molecule is CC1(CCC(O)C2CC3CC2C2C4C=CC(C4)C32)OCCCO1.CC1(CCC(O)C2CC3CC2C2C4C=CC(C4)C32)OCCCO1.OC(CCCC1CC2C=CC1C2)CCC1OCCCO1.OC(CCCC1CC2C=CC1C2)CCC1OCCCO1.OC(CCCCC1OCCCO1)C1CC2C=CC1C2.OC(CCCCC1OCCCO1)C1CC2C=CC1C2.[Ac].[Ac].[Ac]. The van der Waals surface area contributed by atoms with Crippen molar-refractivity contribution < 1.29 is 220 Å². The van der Waals surface area contributed by atoms with Gasteiger partial charge in [0.05, 0.1) is 116 Å². The number of unbranched alkanes of at least 4 members (excludes halogenated alkanes) is 2. The summed E-state index contributed by atoms with van der Waals surface area (Å²) in [5, 5.41) is 62.5. The van der Waals surface area contributed by atoms with Crippen LogP contribution in [0.5, 0.6) is 0 Å². The second-order valence-electron chi connectivity index (χ2n) is 44.0. The van der Waals surface area contributed by atoms with Gasteiger partial charge < -0.3 is 87.5 Å². The molecular weight excluding hydrogens is 2240 g/mol. The monoisotopic (exact) mass is 2410 g/mol. The van der Waals surface area contributed by atoms with Crippen LogP contribution in [0, 0.1) is 286 Å². The average molecular weight is 2410 g/mol. The van der Waals surface area contributed by atoms with Gasteiger partial charge in [0, 0.05) is 158 Å². The molecule has 0 amide bonds. The third kappa shape index (κ3) is 28.3. The van der Waals surface area contributed by atoms with E-state index in [1.807, 2.05) is 13.8 Å². The van der Waals surface area contributed by atoms with Crippen molar-refractivity contribution in [2.45, 2.75) is 357 Å². The van der Waals surface area contributed by atoms with Crippen LogP contribution >= 0.6 is 0 Å². The van der Waals surface area contributed by atoms with Gasteiger partial charge in [-0.15, -0.1) is 0 Å². The molecule has 0 spiro atoms. The van der Waals surface area contributed by atoms with Gasteiger partial charge in [0.1, 0.15) is 0 Å². The summed E-state index contributed by atoms with van der Waals surface area (Å²) < 4.78 is 67.4. The summed E-state index contributed by atoms with van der Waals surface area (Å²) in [6.07, 6.45) is 74.1. The van der Waals surface area contributed by atoms with Crippen molar-refractivity contribution in [2.75, 3.05) is 79.3 Å². The molecule has 0 aromatic rings. The van der Waals surface area contributed by atoms with E-state index < -0.39 is 11.6 Å². The summed E-state index contributed by atoms with van der Waals surface area (Å²) in [4.78, 5) is 0. The molecular formula is C106H168Ac3O18. The summed E-state index contributed by atoms with van der Waals surface area (Å²) in [5.41, 5.74) is 0. The smallest absolute Gasteiger partial charge is 0.165 e. The molecule has 32 unspecified atom stereocenters. The van der Waals surface area contributed by atoms with Crippen LogP contribution in [0.2, 0.25) is 0 Å². The van der Waals surface area contributed by atoms with Crippen molar-refractivity contribution in [1.82, 2.24) is 0 Å². The Labute approximate surface area is 872 Å². The molecule has 127 heavy (non-hydrogen) atoms. The van der Waals surface area contributed by atoms with Gasteiger partial charge in [-0.25, -0.2) is 0 Å². The largest absolute Gasteiger partial charge is 0.393 e. The number of rotatable bonds is 34. The Kier molecular flexibility index (Phi) is 42.6. The maximum atomic E-state index is 10.9. The number of ether oxygens (including phenoxy) is 12. The minimum Gasteiger partial charge on any atom is -0.393 e. The molecule has 21 heteroatoms. The molecule has 22 rings (SSSR count). The molecule has 6 heterocycles. The Hall–Kier alpha value is 2.04. The molecule has 22 aliphatic rings. The normalized spacial score (nSPS) is 40.0. The molecule has 709 valence electrons. The Morgan fingerprint density at radius 3 is 0.890 bits per heavy atom. The number of aliphatic hydroxyl groups excluding tert-OH is 6. The minimum absolute atomic E-state index is 0. The number of aliphatic hydroxyl groups is 6. The number of hydrogen-bond donors (Lipinski definition) is 6. The molecule has 6 N–H and O–H groups in total. The van der Waals surface area contributed by atoms with Gasteiger partial charge in [0.15, 0.2) is 36.7 Å². The second kappa shape index (κ2) is 51.6. The van der Waals surface area contributed by atoms with Crippen molar-refractivity contribution in [3.63, 3.8) is 0 Å². The van der Waals surface area contributed by atoms with E-state index in [9.17, 15) is 30.6 Å². The summed E-state index contributed by atoms with van der Waals surface area (Å²) in [5.74, 6) is 19.7. The van der Waals surface area contributed by atoms with Gasteiger partial charge in [0.2, 0.25) is 0 Å². The van der Waals surface area contributed by atoms with E-state index in [1.54, 1.807) is 0 Å². The molecule has 16 bridgehead atoms. The Morgan fingerprint density at radius 1 is 0.260 bits per heavy atom. The van der Waals surface area contributed by atoms with Crippen molar-refractivity contribution >= 4 is 0 Å². The van der Waals surface area contributed by atoms with E-state index in [-0.39, 0.29) is 194 Å². The Bertz CT molecular complexity index is 3160. The predicted molar refractivity (Wildman–Crippen MR) is 479 cm³/mol. The number of fused-ring (bicyclic) bond motifs is 26. The predicted octanol–water partition coefficient (Wildman–Crippen LogP) is 19.1. The van der Waals surface area contributed by atoms with Crippen molar-refractivity contribution in [3.05, 3.63) is 72.9 Å². The summed E-state index contributed by atoms with van der Waals surface area (Å²) in [6.45, 7) is 13.8. The molecule has 16 aliphatic carbocycles. The number of hydrogen-bond acceptors (Lipinski definition) is 18. The van der Waals surface area contributed by atoms with E-state index >= 15 is 0 Å². The third-order valence-electron chi connectivity index (χ3n) is 35.8. The fourth-order valence-corrected chi connectivity index (χ4v) is 29.6. The van der Waals surface area contributed by atoms with Crippen LogP contribution < -0.4 is 0 Å². The fourth-order valence-electron chi connectivity index (χ4n) is 29.6. The van der Waals surface area contributed by atoms with Gasteiger partial charge in [-0.3, -0.25) is 0 Å². The van der Waals surface area contributed by atoms with Gasteiger partial charge in [-0.05, 0) is 386 Å². The zero-order chi connectivity index (χ0) is 84.9. The van der Waals surface area contributed by atoms with E-state index in [0.717, 1.165) is 365 Å². The van der Waals surface area contributed by atoms with E-state index in [1.165, 1.54) is 103 Å². The maximum Gasteiger partial charge on any atom is 0.165 e. The molecule has 3 radical (unpaired) electrons. The standard InChI is InChI=1S/2C20H30O3.2C17H28O3.2C16H26O3.3Ac/c2*1-20(22-7-2-8-23-20)6-5-17(21)15-10-14-11-16(15)19-13-4-3-12(9-13)18(14)19;2*18-16(7-8-17-19-9-2-10-20-17)4-1-3-14-11-13-5-6-15(14)12-13;2*17-15(14-11-12-6-7-13(14)10-12)4-1-2-5-16-18-8-3-9-19-16;;;/h2*3-4,12-19,21H,2,5-11H2,1H3;2*5-6,13-18H,1-4,7-12H2;2*6-7,12-17H,1-5,8-11H2;;;. The van der Waals surface area contributed by atoms with Crippen LogP contribution in [0.25, 0.3) is 0 Å². The molecule has 0 aromatic carbocycles. The summed E-state index contributed by atoms with van der Waals surface area (Å²) in [6, 6.07) is 0. The van der Waals surface area contributed by atoms with E-state index in [2.05, 4.69) is 72.9 Å².